The van der Waals surface area contributed by atoms with E-state index in [9.17, 15) is 9.18 Å². The highest BCUT2D eigenvalue weighted by Crippen LogP contribution is 2.32. The number of aliphatic imine (C=N–C) groups is 1. The minimum Gasteiger partial charge on any atom is -0.490 e. The van der Waals surface area contributed by atoms with Crippen LogP contribution in [0.15, 0.2) is 52.4 Å². The third kappa shape index (κ3) is 4.69. The molecule has 1 amide bonds. The van der Waals surface area contributed by atoms with E-state index in [-0.39, 0.29) is 18.2 Å². The molecule has 6 nitrogen and oxygen atoms in total. The van der Waals surface area contributed by atoms with Crippen LogP contribution in [0.25, 0.3) is 6.08 Å². The highest BCUT2D eigenvalue weighted by atomic mass is 32.2. The Bertz CT molecular complexity index is 998. The number of thioether (sulfide) groups is 1. The van der Waals surface area contributed by atoms with Gasteiger partial charge in [0.15, 0.2) is 23.3 Å². The second kappa shape index (κ2) is 9.06. The van der Waals surface area contributed by atoms with Crippen LogP contribution in [-0.2, 0) is 4.79 Å². The van der Waals surface area contributed by atoms with Crippen LogP contribution in [0.1, 0.15) is 12.5 Å². The molecule has 0 unspecified atom stereocenters. The molecule has 1 N–H and O–H groups in total. The van der Waals surface area contributed by atoms with E-state index in [0.717, 1.165) is 17.3 Å². The first kappa shape index (κ1) is 19.5. The Labute approximate surface area is 165 Å². The number of nitrogens with one attached hydrogen (secondary N) is 1. The van der Waals surface area contributed by atoms with Crippen LogP contribution >= 0.6 is 11.8 Å². The minimum atomic E-state index is -0.461. The van der Waals surface area contributed by atoms with E-state index in [1.165, 1.54) is 12.1 Å². The second-order valence-corrected chi connectivity index (χ2v) is 6.55. The maximum atomic E-state index is 13.7. The van der Waals surface area contributed by atoms with Crippen LogP contribution < -0.4 is 14.8 Å². The van der Waals surface area contributed by atoms with Crippen molar-refractivity contribution in [2.45, 2.75) is 6.92 Å². The van der Waals surface area contributed by atoms with Crippen LogP contribution in [0.4, 0.5) is 10.1 Å². The average Bonchev–Trinajstić information content (AvgIpc) is 3.02. The van der Waals surface area contributed by atoms with Gasteiger partial charge in [-0.05, 0) is 54.6 Å². The van der Waals surface area contributed by atoms with Crippen LogP contribution in [-0.4, -0.2) is 24.3 Å². The molecule has 2 aromatic carbocycles. The van der Waals surface area contributed by atoms with Crippen LogP contribution in [0.5, 0.6) is 11.5 Å². The van der Waals surface area contributed by atoms with Crippen molar-refractivity contribution in [1.29, 1.82) is 5.26 Å². The zero-order valence-corrected chi connectivity index (χ0v) is 15.8. The van der Waals surface area contributed by atoms with Crippen molar-refractivity contribution >= 4 is 34.6 Å². The molecule has 1 saturated heterocycles. The molecular weight excluding hydrogens is 381 g/mol. The molecule has 142 valence electrons. The fraction of sp³-hybridized carbons (Fsp3) is 0.150. The molecule has 0 bridgehead atoms. The molecule has 0 atom stereocenters. The Morgan fingerprint density at radius 2 is 2.07 bits per heavy atom. The van der Waals surface area contributed by atoms with Crippen molar-refractivity contribution in [3.05, 3.63) is 58.8 Å². The first-order valence-electron chi connectivity index (χ1n) is 8.41. The molecule has 28 heavy (non-hydrogen) atoms. The Morgan fingerprint density at radius 3 is 2.82 bits per heavy atom. The highest BCUT2D eigenvalue weighted by molar-refractivity contribution is 8.18. The van der Waals surface area contributed by atoms with Gasteiger partial charge in [0, 0.05) is 0 Å². The lowest BCUT2D eigenvalue weighted by atomic mass is 10.2. The lowest BCUT2D eigenvalue weighted by Crippen LogP contribution is -2.19. The maximum absolute atomic E-state index is 13.7. The number of nitrogens with zero attached hydrogens (tertiary/aromatic N) is 2. The number of carbonyl (C=O) groups is 1. The topological polar surface area (TPSA) is 83.7 Å². The van der Waals surface area contributed by atoms with Crippen molar-refractivity contribution < 1.29 is 18.7 Å². The number of carbonyl (C=O) groups excluding carboxylic acids is 1. The van der Waals surface area contributed by atoms with Gasteiger partial charge in [0.05, 0.1) is 11.5 Å². The Morgan fingerprint density at radius 1 is 1.25 bits per heavy atom. The summed E-state index contributed by atoms with van der Waals surface area (Å²) < 4.78 is 24.6. The molecule has 2 aromatic rings. The summed E-state index contributed by atoms with van der Waals surface area (Å²) in [4.78, 5) is 16.8. The lowest BCUT2D eigenvalue weighted by Gasteiger charge is -2.10. The van der Waals surface area contributed by atoms with Crippen LogP contribution in [0.3, 0.4) is 0 Å². The molecule has 8 heteroatoms. The van der Waals surface area contributed by atoms with Gasteiger partial charge in [0.1, 0.15) is 17.6 Å². The van der Waals surface area contributed by atoms with Crippen molar-refractivity contribution in [3.63, 3.8) is 0 Å². The molecule has 0 aromatic heterocycles. The smallest absolute Gasteiger partial charge is 0.264 e. The molecule has 0 radical (unpaired) electrons. The summed E-state index contributed by atoms with van der Waals surface area (Å²) in [5.41, 5.74) is 0.877. The predicted molar refractivity (Wildman–Crippen MR) is 106 cm³/mol. The zero-order chi connectivity index (χ0) is 19.9. The van der Waals surface area contributed by atoms with Gasteiger partial charge in [-0.1, -0.05) is 18.2 Å². The van der Waals surface area contributed by atoms with E-state index in [1.54, 1.807) is 36.4 Å². The third-order valence-corrected chi connectivity index (χ3v) is 4.49. The Kier molecular flexibility index (Phi) is 6.29. The van der Waals surface area contributed by atoms with Crippen LogP contribution in [0, 0.1) is 17.1 Å². The number of halogens is 1. The molecule has 3 rings (SSSR count). The van der Waals surface area contributed by atoms with Crippen LogP contribution in [0.2, 0.25) is 0 Å². The van der Waals surface area contributed by atoms with Gasteiger partial charge in [-0.15, -0.1) is 0 Å². The summed E-state index contributed by atoms with van der Waals surface area (Å²) in [6.07, 6.45) is 1.68. The average molecular weight is 397 g/mol. The Hall–Kier alpha value is -3.31. The van der Waals surface area contributed by atoms with Crippen molar-refractivity contribution in [2.75, 3.05) is 13.2 Å². The summed E-state index contributed by atoms with van der Waals surface area (Å²) in [5, 5.41) is 11.6. The molecule has 1 aliphatic rings. The molecule has 0 aliphatic carbocycles. The number of hydrogen-bond donors (Lipinski definition) is 1. The monoisotopic (exact) mass is 397 g/mol. The molecule has 0 spiro atoms. The van der Waals surface area contributed by atoms with Crippen molar-refractivity contribution in [1.82, 2.24) is 5.32 Å². The van der Waals surface area contributed by atoms with E-state index in [2.05, 4.69) is 10.3 Å². The standard InChI is InChI=1S/C20H16FN3O3S/c1-2-26-17-11-13(7-8-16(17)27-10-9-22)12-18-19(25)24-20(28-18)23-15-6-4-3-5-14(15)21/h3-8,11-12H,2,10H2,1H3,(H,23,24,25)/b18-12-. The van der Waals surface area contributed by atoms with Crippen molar-refractivity contribution in [2.24, 2.45) is 4.99 Å². The summed E-state index contributed by atoms with van der Waals surface area (Å²) >= 11 is 1.12. The largest absolute Gasteiger partial charge is 0.490 e. The molecular formula is C20H16FN3O3S. The number of nitriles is 1. The molecule has 1 heterocycles. The van der Waals surface area contributed by atoms with E-state index in [1.807, 2.05) is 13.0 Å². The van der Waals surface area contributed by atoms with Gasteiger partial charge in [0.25, 0.3) is 5.91 Å². The van der Waals surface area contributed by atoms with Gasteiger partial charge >= 0.3 is 0 Å². The third-order valence-electron chi connectivity index (χ3n) is 3.58. The van der Waals surface area contributed by atoms with E-state index in [4.69, 9.17) is 14.7 Å². The number of hydrogen-bond acceptors (Lipinski definition) is 6. The molecule has 1 fully saturated rings. The highest BCUT2D eigenvalue weighted by Gasteiger charge is 2.24. The summed E-state index contributed by atoms with van der Waals surface area (Å²) in [5.74, 6) is 0.158. The minimum absolute atomic E-state index is 0.0887. The zero-order valence-electron chi connectivity index (χ0n) is 14.9. The summed E-state index contributed by atoms with van der Waals surface area (Å²) in [7, 11) is 0. The quantitative estimate of drug-likeness (QED) is 0.745. The van der Waals surface area contributed by atoms with E-state index < -0.39 is 5.82 Å². The van der Waals surface area contributed by atoms with Crippen molar-refractivity contribution in [3.8, 4) is 17.6 Å². The number of amidine groups is 1. The first-order chi connectivity index (χ1) is 13.6. The van der Waals surface area contributed by atoms with E-state index in [0.29, 0.717) is 28.2 Å². The number of para-hydroxylation sites is 1. The fourth-order valence-corrected chi connectivity index (χ4v) is 3.23. The van der Waals surface area contributed by atoms with Gasteiger partial charge in [-0.3, -0.25) is 4.79 Å². The maximum Gasteiger partial charge on any atom is 0.264 e. The number of benzene rings is 2. The number of rotatable bonds is 6. The fourth-order valence-electron chi connectivity index (χ4n) is 2.40. The number of ether oxygens (including phenoxy) is 2. The summed E-state index contributed by atoms with van der Waals surface area (Å²) in [6.45, 7) is 2.18. The second-order valence-electron chi connectivity index (χ2n) is 5.52. The SMILES string of the molecule is CCOc1cc(/C=C2\SC(=Nc3ccccc3F)NC2=O)ccc1OCC#N. The van der Waals surface area contributed by atoms with Gasteiger partial charge in [-0.25, -0.2) is 9.38 Å². The van der Waals surface area contributed by atoms with Gasteiger partial charge in [0.2, 0.25) is 0 Å². The predicted octanol–water partition coefficient (Wildman–Crippen LogP) is 4.02. The normalized spacial score (nSPS) is 16.1. The lowest BCUT2D eigenvalue weighted by molar-refractivity contribution is -0.115. The first-order valence-corrected chi connectivity index (χ1v) is 9.23. The number of amides is 1. The Balaban J connectivity index is 1.83. The molecule has 0 saturated carbocycles. The van der Waals surface area contributed by atoms with Gasteiger partial charge in [-0.2, -0.15) is 5.26 Å². The van der Waals surface area contributed by atoms with Gasteiger partial charge < -0.3 is 14.8 Å². The summed E-state index contributed by atoms with van der Waals surface area (Å²) in [6, 6.07) is 13.2. The van der Waals surface area contributed by atoms with E-state index >= 15 is 0 Å². The molecule has 1 aliphatic heterocycles.